The lowest BCUT2D eigenvalue weighted by atomic mass is 10.1. The zero-order valence-corrected chi connectivity index (χ0v) is 9.21. The van der Waals surface area contributed by atoms with Gasteiger partial charge >= 0.3 is 0 Å². The third kappa shape index (κ3) is 2.69. The van der Waals surface area contributed by atoms with E-state index in [9.17, 15) is 0 Å². The summed E-state index contributed by atoms with van der Waals surface area (Å²) in [5, 5.41) is 3.62. The molecule has 80 valence electrons. The van der Waals surface area contributed by atoms with Crippen LogP contribution in [-0.2, 0) is 12.8 Å². The fourth-order valence-corrected chi connectivity index (χ4v) is 2.26. The van der Waals surface area contributed by atoms with E-state index in [0.717, 1.165) is 13.0 Å². The molecule has 1 aliphatic rings. The van der Waals surface area contributed by atoms with Crippen LogP contribution in [0.1, 0.15) is 24.0 Å². The molecule has 0 bridgehead atoms. The summed E-state index contributed by atoms with van der Waals surface area (Å²) < 4.78 is 0. The second-order valence-electron chi connectivity index (χ2n) is 4.26. The van der Waals surface area contributed by atoms with Crippen LogP contribution in [0.15, 0.2) is 36.9 Å². The van der Waals surface area contributed by atoms with E-state index in [1.54, 1.807) is 0 Å². The summed E-state index contributed by atoms with van der Waals surface area (Å²) in [6, 6.07) is 9.44. The SMILES string of the molecule is C=CCCCNC1Cc2ccccc2C1. The van der Waals surface area contributed by atoms with Gasteiger partial charge in [-0.2, -0.15) is 0 Å². The number of hydrogen-bond acceptors (Lipinski definition) is 1. The molecule has 0 amide bonds. The van der Waals surface area contributed by atoms with Crippen LogP contribution in [0.5, 0.6) is 0 Å². The largest absolute Gasteiger partial charge is 0.313 e. The van der Waals surface area contributed by atoms with Crippen molar-refractivity contribution in [3.8, 4) is 0 Å². The fraction of sp³-hybridized carbons (Fsp3) is 0.429. The Kier molecular flexibility index (Phi) is 3.57. The monoisotopic (exact) mass is 201 g/mol. The van der Waals surface area contributed by atoms with Crippen LogP contribution >= 0.6 is 0 Å². The van der Waals surface area contributed by atoms with Crippen LogP contribution in [-0.4, -0.2) is 12.6 Å². The molecule has 1 aromatic rings. The molecule has 0 radical (unpaired) electrons. The maximum absolute atomic E-state index is 3.73. The number of fused-ring (bicyclic) bond motifs is 1. The van der Waals surface area contributed by atoms with E-state index in [2.05, 4.69) is 36.2 Å². The first-order valence-electron chi connectivity index (χ1n) is 5.81. The average Bonchev–Trinajstić information content (AvgIpc) is 2.67. The van der Waals surface area contributed by atoms with E-state index in [1.807, 2.05) is 6.08 Å². The predicted molar refractivity (Wildman–Crippen MR) is 65.1 cm³/mol. The highest BCUT2D eigenvalue weighted by Crippen LogP contribution is 2.21. The molecule has 15 heavy (non-hydrogen) atoms. The first kappa shape index (κ1) is 10.4. The first-order valence-corrected chi connectivity index (χ1v) is 5.81. The lowest BCUT2D eigenvalue weighted by Gasteiger charge is -2.10. The Bertz CT molecular complexity index is 305. The van der Waals surface area contributed by atoms with Crippen LogP contribution < -0.4 is 5.32 Å². The maximum atomic E-state index is 3.73. The number of rotatable bonds is 5. The van der Waals surface area contributed by atoms with Gasteiger partial charge in [0.25, 0.3) is 0 Å². The van der Waals surface area contributed by atoms with Gasteiger partial charge in [-0.3, -0.25) is 0 Å². The molecule has 0 aliphatic heterocycles. The molecule has 0 fully saturated rings. The van der Waals surface area contributed by atoms with E-state index in [1.165, 1.54) is 30.4 Å². The lowest BCUT2D eigenvalue weighted by molar-refractivity contribution is 0.525. The molecular weight excluding hydrogens is 182 g/mol. The highest BCUT2D eigenvalue weighted by molar-refractivity contribution is 5.33. The van der Waals surface area contributed by atoms with E-state index >= 15 is 0 Å². The van der Waals surface area contributed by atoms with Crippen molar-refractivity contribution in [2.45, 2.75) is 31.7 Å². The maximum Gasteiger partial charge on any atom is 0.0148 e. The van der Waals surface area contributed by atoms with Crippen molar-refractivity contribution < 1.29 is 0 Å². The molecule has 1 nitrogen and oxygen atoms in total. The normalized spacial score (nSPS) is 15.2. The summed E-state index contributed by atoms with van der Waals surface area (Å²) in [5.41, 5.74) is 3.05. The highest BCUT2D eigenvalue weighted by atomic mass is 14.9. The Labute approximate surface area is 92.2 Å². The minimum atomic E-state index is 0.659. The predicted octanol–water partition coefficient (Wildman–Crippen LogP) is 2.71. The quantitative estimate of drug-likeness (QED) is 0.570. The summed E-state index contributed by atoms with van der Waals surface area (Å²) in [6.45, 7) is 4.85. The van der Waals surface area contributed by atoms with Gasteiger partial charge in [-0.05, 0) is 43.4 Å². The number of nitrogens with one attached hydrogen (secondary N) is 1. The van der Waals surface area contributed by atoms with E-state index < -0.39 is 0 Å². The van der Waals surface area contributed by atoms with Gasteiger partial charge in [0.15, 0.2) is 0 Å². The van der Waals surface area contributed by atoms with Gasteiger partial charge in [0.2, 0.25) is 0 Å². The van der Waals surface area contributed by atoms with E-state index in [-0.39, 0.29) is 0 Å². The van der Waals surface area contributed by atoms with Crippen LogP contribution in [0.3, 0.4) is 0 Å². The topological polar surface area (TPSA) is 12.0 Å². The van der Waals surface area contributed by atoms with Crippen molar-refractivity contribution in [1.29, 1.82) is 0 Å². The van der Waals surface area contributed by atoms with Crippen molar-refractivity contribution >= 4 is 0 Å². The molecule has 0 spiro atoms. The number of hydrogen-bond donors (Lipinski definition) is 1. The van der Waals surface area contributed by atoms with Gasteiger partial charge in [-0.1, -0.05) is 30.3 Å². The summed E-state index contributed by atoms with van der Waals surface area (Å²) in [5.74, 6) is 0. The minimum absolute atomic E-state index is 0.659. The Hall–Kier alpha value is -1.08. The Morgan fingerprint density at radius 1 is 1.27 bits per heavy atom. The smallest absolute Gasteiger partial charge is 0.0148 e. The molecule has 0 saturated heterocycles. The second kappa shape index (κ2) is 5.13. The molecule has 2 rings (SSSR count). The summed E-state index contributed by atoms with van der Waals surface area (Å²) in [4.78, 5) is 0. The van der Waals surface area contributed by atoms with Gasteiger partial charge in [0.05, 0.1) is 0 Å². The zero-order chi connectivity index (χ0) is 10.5. The molecule has 0 heterocycles. The molecule has 0 aromatic heterocycles. The van der Waals surface area contributed by atoms with Gasteiger partial charge in [0.1, 0.15) is 0 Å². The molecule has 0 unspecified atom stereocenters. The molecule has 1 aromatic carbocycles. The highest BCUT2D eigenvalue weighted by Gasteiger charge is 2.19. The van der Waals surface area contributed by atoms with E-state index in [0.29, 0.717) is 6.04 Å². The molecule has 1 aliphatic carbocycles. The van der Waals surface area contributed by atoms with Crippen molar-refractivity contribution in [1.82, 2.24) is 5.32 Å². The molecule has 0 saturated carbocycles. The summed E-state index contributed by atoms with van der Waals surface area (Å²) in [6.07, 6.45) is 6.71. The Morgan fingerprint density at radius 3 is 2.53 bits per heavy atom. The average molecular weight is 201 g/mol. The van der Waals surface area contributed by atoms with Crippen LogP contribution in [0, 0.1) is 0 Å². The fourth-order valence-electron chi connectivity index (χ4n) is 2.26. The van der Waals surface area contributed by atoms with Gasteiger partial charge in [0, 0.05) is 6.04 Å². The van der Waals surface area contributed by atoms with Crippen molar-refractivity contribution in [3.63, 3.8) is 0 Å². The Balaban J connectivity index is 1.78. The van der Waals surface area contributed by atoms with Gasteiger partial charge in [-0.25, -0.2) is 0 Å². The summed E-state index contributed by atoms with van der Waals surface area (Å²) in [7, 11) is 0. The minimum Gasteiger partial charge on any atom is -0.313 e. The second-order valence-corrected chi connectivity index (χ2v) is 4.26. The van der Waals surface area contributed by atoms with Crippen molar-refractivity contribution in [2.24, 2.45) is 0 Å². The first-order chi connectivity index (χ1) is 7.40. The number of unbranched alkanes of at least 4 members (excludes halogenated alkanes) is 1. The van der Waals surface area contributed by atoms with Gasteiger partial charge in [-0.15, -0.1) is 6.58 Å². The van der Waals surface area contributed by atoms with Crippen LogP contribution in [0.25, 0.3) is 0 Å². The summed E-state index contributed by atoms with van der Waals surface area (Å²) >= 11 is 0. The zero-order valence-electron chi connectivity index (χ0n) is 9.21. The lowest BCUT2D eigenvalue weighted by Crippen LogP contribution is -2.30. The standard InChI is InChI=1S/C14H19N/c1-2-3-6-9-15-14-10-12-7-4-5-8-13(12)11-14/h2,4-5,7-8,14-15H,1,3,6,9-11H2. The number of benzene rings is 1. The third-order valence-electron chi connectivity index (χ3n) is 3.07. The molecule has 1 heteroatoms. The van der Waals surface area contributed by atoms with Crippen molar-refractivity contribution in [3.05, 3.63) is 48.0 Å². The third-order valence-corrected chi connectivity index (χ3v) is 3.07. The molecule has 0 atom stereocenters. The molecular formula is C14H19N. The van der Waals surface area contributed by atoms with E-state index in [4.69, 9.17) is 0 Å². The van der Waals surface area contributed by atoms with Crippen LogP contribution in [0.2, 0.25) is 0 Å². The molecule has 1 N–H and O–H groups in total. The van der Waals surface area contributed by atoms with Gasteiger partial charge < -0.3 is 5.32 Å². The number of allylic oxidation sites excluding steroid dienone is 1. The Morgan fingerprint density at radius 2 is 1.93 bits per heavy atom. The van der Waals surface area contributed by atoms with Crippen LogP contribution in [0.4, 0.5) is 0 Å². The van der Waals surface area contributed by atoms with Crippen molar-refractivity contribution in [2.75, 3.05) is 6.54 Å².